The van der Waals surface area contributed by atoms with Gasteiger partial charge in [-0.05, 0) is 43.9 Å². The first-order valence-corrected chi connectivity index (χ1v) is 8.83. The Kier molecular flexibility index (Phi) is 5.56. The van der Waals surface area contributed by atoms with Crippen LogP contribution in [-0.4, -0.2) is 41.6 Å². The average molecular weight is 342 g/mol. The first-order chi connectivity index (χ1) is 12.0. The highest BCUT2D eigenvalue weighted by Crippen LogP contribution is 2.22. The minimum atomic E-state index is -0.475. The van der Waals surface area contributed by atoms with Crippen LogP contribution in [0.2, 0.25) is 0 Å². The highest BCUT2D eigenvalue weighted by Gasteiger charge is 2.23. The van der Waals surface area contributed by atoms with E-state index in [9.17, 15) is 9.90 Å². The molecule has 1 atom stereocenters. The average Bonchev–Trinajstić information content (AvgIpc) is 3.13. The molecule has 1 aliphatic rings. The molecule has 1 saturated heterocycles. The van der Waals surface area contributed by atoms with Gasteiger partial charge in [0, 0.05) is 25.7 Å². The number of furan rings is 1. The summed E-state index contributed by atoms with van der Waals surface area (Å²) in [5.41, 5.74) is 3.86. The molecule has 1 aliphatic heterocycles. The summed E-state index contributed by atoms with van der Waals surface area (Å²) in [6, 6.07) is 8.05. The molecule has 25 heavy (non-hydrogen) atoms. The number of aryl methyl sites for hydroxylation is 2. The molecule has 5 heteroatoms. The van der Waals surface area contributed by atoms with E-state index in [0.29, 0.717) is 12.1 Å². The number of piperidine rings is 1. The number of benzene rings is 1. The van der Waals surface area contributed by atoms with E-state index in [1.165, 1.54) is 18.1 Å². The first kappa shape index (κ1) is 17.7. The maximum absolute atomic E-state index is 12.1. The minimum Gasteiger partial charge on any atom is -0.472 e. The fraction of sp³-hybridized carbons (Fsp3) is 0.450. The Bertz CT molecular complexity index is 704. The monoisotopic (exact) mass is 342 g/mol. The van der Waals surface area contributed by atoms with Crippen LogP contribution < -0.4 is 5.32 Å². The Hall–Kier alpha value is -2.11. The van der Waals surface area contributed by atoms with Gasteiger partial charge in [0.15, 0.2) is 0 Å². The van der Waals surface area contributed by atoms with Gasteiger partial charge in [0.1, 0.15) is 6.26 Å². The maximum atomic E-state index is 12.1. The van der Waals surface area contributed by atoms with Gasteiger partial charge in [-0.15, -0.1) is 0 Å². The van der Waals surface area contributed by atoms with Gasteiger partial charge in [0.25, 0.3) is 5.91 Å². The van der Waals surface area contributed by atoms with Crippen molar-refractivity contribution in [2.45, 2.75) is 38.8 Å². The van der Waals surface area contributed by atoms with Gasteiger partial charge in [-0.1, -0.05) is 23.8 Å². The molecule has 134 valence electrons. The number of nitrogens with zero attached hydrogens (tertiary/aromatic N) is 1. The predicted molar refractivity (Wildman–Crippen MR) is 96.5 cm³/mol. The Morgan fingerprint density at radius 1 is 1.32 bits per heavy atom. The number of amides is 1. The summed E-state index contributed by atoms with van der Waals surface area (Å²) in [5.74, 6) is -0.0809. The summed E-state index contributed by atoms with van der Waals surface area (Å²) < 4.78 is 4.95. The van der Waals surface area contributed by atoms with E-state index in [-0.39, 0.29) is 11.9 Å². The topological polar surface area (TPSA) is 65.7 Å². The summed E-state index contributed by atoms with van der Waals surface area (Å²) in [6.45, 7) is 6.46. The molecule has 3 rings (SSSR count). The molecular formula is C20H26N2O3. The fourth-order valence-electron chi connectivity index (χ4n) is 3.38. The second-order valence-electron chi connectivity index (χ2n) is 6.94. The molecule has 1 aromatic carbocycles. The Morgan fingerprint density at radius 3 is 2.76 bits per heavy atom. The van der Waals surface area contributed by atoms with Crippen molar-refractivity contribution in [1.29, 1.82) is 0 Å². The number of hydrogen-bond acceptors (Lipinski definition) is 4. The van der Waals surface area contributed by atoms with Gasteiger partial charge in [-0.25, -0.2) is 0 Å². The van der Waals surface area contributed by atoms with Crippen LogP contribution in [0.4, 0.5) is 0 Å². The number of aliphatic hydroxyl groups is 1. The number of carbonyl (C=O) groups is 1. The first-order valence-electron chi connectivity index (χ1n) is 8.83. The van der Waals surface area contributed by atoms with Crippen molar-refractivity contribution in [2.24, 2.45) is 0 Å². The lowest BCUT2D eigenvalue weighted by Gasteiger charge is -2.33. The van der Waals surface area contributed by atoms with E-state index in [4.69, 9.17) is 4.42 Å². The molecule has 0 radical (unpaired) electrons. The Balaban J connectivity index is 1.49. The number of rotatable bonds is 5. The van der Waals surface area contributed by atoms with Crippen molar-refractivity contribution in [2.75, 3.05) is 19.6 Å². The van der Waals surface area contributed by atoms with Crippen LogP contribution in [0.3, 0.4) is 0 Å². The molecule has 1 amide bonds. The largest absolute Gasteiger partial charge is 0.472 e. The van der Waals surface area contributed by atoms with Crippen molar-refractivity contribution in [3.05, 3.63) is 59.0 Å². The van der Waals surface area contributed by atoms with E-state index in [0.717, 1.165) is 37.1 Å². The van der Waals surface area contributed by atoms with Crippen LogP contribution in [0.25, 0.3) is 0 Å². The second kappa shape index (κ2) is 7.85. The Morgan fingerprint density at radius 2 is 2.08 bits per heavy atom. The van der Waals surface area contributed by atoms with Gasteiger partial charge in [0.2, 0.25) is 0 Å². The zero-order chi connectivity index (χ0) is 17.8. The lowest BCUT2D eigenvalue weighted by atomic mass is 9.99. The number of carbonyl (C=O) groups excluding carboxylic acids is 1. The van der Waals surface area contributed by atoms with Crippen LogP contribution in [0.15, 0.2) is 41.2 Å². The lowest BCUT2D eigenvalue weighted by Crippen LogP contribution is -2.45. The van der Waals surface area contributed by atoms with Crippen LogP contribution in [-0.2, 0) is 0 Å². The van der Waals surface area contributed by atoms with E-state index >= 15 is 0 Å². The third-order valence-corrected chi connectivity index (χ3v) is 4.93. The van der Waals surface area contributed by atoms with Gasteiger partial charge in [0.05, 0.1) is 17.9 Å². The van der Waals surface area contributed by atoms with E-state index in [1.807, 2.05) is 13.8 Å². The van der Waals surface area contributed by atoms with Crippen molar-refractivity contribution < 1.29 is 14.3 Å². The quantitative estimate of drug-likeness (QED) is 0.877. The van der Waals surface area contributed by atoms with Crippen LogP contribution in [0.1, 0.15) is 46.0 Å². The normalized spacial score (nSPS) is 17.4. The van der Waals surface area contributed by atoms with E-state index in [2.05, 4.69) is 28.4 Å². The van der Waals surface area contributed by atoms with Crippen LogP contribution >= 0.6 is 0 Å². The van der Waals surface area contributed by atoms with Crippen LogP contribution in [0, 0.1) is 13.8 Å². The molecule has 1 fully saturated rings. The third kappa shape index (κ3) is 4.50. The molecule has 1 unspecified atom stereocenters. The zero-order valence-electron chi connectivity index (χ0n) is 14.9. The molecule has 5 nitrogen and oxygen atoms in total. The highest BCUT2D eigenvalue weighted by molar-refractivity contribution is 5.93. The predicted octanol–water partition coefficient (Wildman–Crippen LogP) is 2.82. The summed E-state index contributed by atoms with van der Waals surface area (Å²) in [5, 5.41) is 13.6. The molecular weight excluding hydrogens is 316 g/mol. The summed E-state index contributed by atoms with van der Waals surface area (Å²) >= 11 is 0. The number of hydrogen-bond donors (Lipinski definition) is 2. The standard InChI is InChI=1S/C20H26N2O3/c1-14-3-4-15(2)18(11-14)19(23)12-22-8-5-17(6-9-22)21-20(24)16-7-10-25-13-16/h3-4,7,10-11,13,17,19,23H,5-6,8-9,12H2,1-2H3,(H,21,24). The molecule has 0 spiro atoms. The van der Waals surface area contributed by atoms with Gasteiger partial charge >= 0.3 is 0 Å². The lowest BCUT2D eigenvalue weighted by molar-refractivity contribution is 0.0826. The molecule has 0 bridgehead atoms. The fourth-order valence-corrected chi connectivity index (χ4v) is 3.38. The van der Waals surface area contributed by atoms with Gasteiger partial charge < -0.3 is 19.7 Å². The van der Waals surface area contributed by atoms with Gasteiger partial charge in [-0.3, -0.25) is 4.79 Å². The SMILES string of the molecule is Cc1ccc(C)c(C(O)CN2CCC(NC(=O)c3ccoc3)CC2)c1. The number of β-amino-alcohol motifs (C(OH)–C–C–N with tert-alkyl or cyclic N) is 1. The number of nitrogens with one attached hydrogen (secondary N) is 1. The molecule has 0 aliphatic carbocycles. The third-order valence-electron chi connectivity index (χ3n) is 4.93. The summed E-state index contributed by atoms with van der Waals surface area (Å²) in [4.78, 5) is 14.3. The minimum absolute atomic E-state index is 0.0809. The molecule has 2 N–H and O–H groups in total. The Labute approximate surface area is 148 Å². The second-order valence-corrected chi connectivity index (χ2v) is 6.94. The zero-order valence-corrected chi connectivity index (χ0v) is 14.9. The highest BCUT2D eigenvalue weighted by atomic mass is 16.3. The van der Waals surface area contributed by atoms with E-state index in [1.54, 1.807) is 6.07 Å². The van der Waals surface area contributed by atoms with Crippen molar-refractivity contribution >= 4 is 5.91 Å². The molecule has 2 aromatic rings. The number of aliphatic hydroxyl groups excluding tert-OH is 1. The molecule has 1 aromatic heterocycles. The summed E-state index contributed by atoms with van der Waals surface area (Å²) in [6.07, 6.45) is 4.28. The smallest absolute Gasteiger partial charge is 0.254 e. The van der Waals surface area contributed by atoms with Crippen molar-refractivity contribution in [1.82, 2.24) is 10.2 Å². The van der Waals surface area contributed by atoms with Crippen molar-refractivity contribution in [3.63, 3.8) is 0 Å². The molecule has 2 heterocycles. The van der Waals surface area contributed by atoms with Crippen LogP contribution in [0.5, 0.6) is 0 Å². The van der Waals surface area contributed by atoms with Gasteiger partial charge in [-0.2, -0.15) is 0 Å². The van der Waals surface area contributed by atoms with E-state index < -0.39 is 6.10 Å². The maximum Gasteiger partial charge on any atom is 0.254 e. The summed E-state index contributed by atoms with van der Waals surface area (Å²) in [7, 11) is 0. The molecule has 0 saturated carbocycles. The van der Waals surface area contributed by atoms with Crippen molar-refractivity contribution in [3.8, 4) is 0 Å². The number of likely N-dealkylation sites (tertiary alicyclic amines) is 1.